The first-order chi connectivity index (χ1) is 18.3. The summed E-state index contributed by atoms with van der Waals surface area (Å²) in [5.41, 5.74) is 1.90. The van der Waals surface area contributed by atoms with Gasteiger partial charge in [-0.1, -0.05) is 31.8 Å². The van der Waals surface area contributed by atoms with Crippen LogP contribution in [0.2, 0.25) is 25.7 Å². The topological polar surface area (TPSA) is 101 Å². The summed E-state index contributed by atoms with van der Waals surface area (Å²) >= 11 is 0. The number of amides is 1. The summed E-state index contributed by atoms with van der Waals surface area (Å²) < 4.78 is 24.4. The summed E-state index contributed by atoms with van der Waals surface area (Å²) in [7, 11) is 0.158. The number of ether oxygens (including phenoxy) is 4. The van der Waals surface area contributed by atoms with Crippen LogP contribution in [0.25, 0.3) is 11.0 Å². The number of methoxy groups -OCH3 is 1. The number of fused-ring (bicyclic) bond motifs is 1. The van der Waals surface area contributed by atoms with E-state index in [1.165, 1.54) is 7.11 Å². The molecule has 0 aliphatic heterocycles. The fourth-order valence-corrected chi connectivity index (χ4v) is 4.71. The van der Waals surface area contributed by atoms with E-state index in [1.807, 2.05) is 35.9 Å². The Balaban J connectivity index is 1.76. The molecule has 0 aliphatic carbocycles. The molecule has 1 atom stereocenters. The Hall–Kier alpha value is -3.37. The molecule has 1 amide bonds. The third-order valence-electron chi connectivity index (χ3n) is 5.94. The summed E-state index contributed by atoms with van der Waals surface area (Å²) in [6.07, 6.45) is 3.11. The fourth-order valence-electron chi connectivity index (χ4n) is 3.95. The van der Waals surface area contributed by atoms with E-state index in [0.29, 0.717) is 18.2 Å². The van der Waals surface area contributed by atoms with Crippen molar-refractivity contribution in [3.63, 3.8) is 0 Å². The van der Waals surface area contributed by atoms with Crippen LogP contribution in [0.1, 0.15) is 44.4 Å². The zero-order valence-electron chi connectivity index (χ0n) is 24.3. The highest BCUT2D eigenvalue weighted by molar-refractivity contribution is 6.76. The molecule has 10 heteroatoms. The zero-order chi connectivity index (χ0) is 28.8. The number of hydrogen-bond acceptors (Lipinski definition) is 7. The molecule has 2 heterocycles. The molecule has 1 N–H and O–H groups in total. The SMILES string of the molecule is COC(=O)CC(NC(=O)OC(C)(C)C)c1ccc(Oc2ccnc3c2c(C)cn3COCC[Si](C)(C)C)cc1. The van der Waals surface area contributed by atoms with E-state index >= 15 is 0 Å². The van der Waals surface area contributed by atoms with Gasteiger partial charge in [0.2, 0.25) is 0 Å². The second-order valence-electron chi connectivity index (χ2n) is 11.8. The predicted octanol–water partition coefficient (Wildman–Crippen LogP) is 6.58. The molecule has 0 spiro atoms. The van der Waals surface area contributed by atoms with E-state index in [-0.39, 0.29) is 6.42 Å². The van der Waals surface area contributed by atoms with Gasteiger partial charge in [-0.15, -0.1) is 0 Å². The summed E-state index contributed by atoms with van der Waals surface area (Å²) in [6, 6.07) is 9.54. The molecule has 2 aromatic heterocycles. The summed E-state index contributed by atoms with van der Waals surface area (Å²) in [5.74, 6) is 0.850. The van der Waals surface area contributed by atoms with Crippen molar-refractivity contribution in [3.8, 4) is 11.5 Å². The Bertz CT molecular complexity index is 1280. The van der Waals surface area contributed by atoms with E-state index < -0.39 is 31.8 Å². The number of nitrogens with zero attached hydrogens (tertiary/aromatic N) is 2. The molecule has 0 saturated heterocycles. The standard InChI is InChI=1S/C29H41N3O6Si/c1-20-18-32(19-36-15-16-39(6,7)8)27-26(20)24(13-14-30-27)37-22-11-9-21(10-12-22)23(17-25(33)35-5)31-28(34)38-29(2,3)4/h9-14,18,23H,15-17,19H2,1-8H3,(H,31,34). The van der Waals surface area contributed by atoms with Crippen LogP contribution in [-0.2, 0) is 25.7 Å². The van der Waals surface area contributed by atoms with E-state index in [9.17, 15) is 9.59 Å². The van der Waals surface area contributed by atoms with E-state index in [1.54, 1.807) is 39.1 Å². The number of esters is 1. The first-order valence-corrected chi connectivity index (χ1v) is 16.8. The molecular formula is C29H41N3O6Si. The Morgan fingerprint density at radius 3 is 2.41 bits per heavy atom. The number of aromatic nitrogens is 2. The lowest BCUT2D eigenvalue weighted by atomic mass is 10.0. The first-order valence-electron chi connectivity index (χ1n) is 13.1. The summed E-state index contributed by atoms with van der Waals surface area (Å²) in [6.45, 7) is 15.5. The zero-order valence-corrected chi connectivity index (χ0v) is 25.3. The van der Waals surface area contributed by atoms with Crippen molar-refractivity contribution in [2.75, 3.05) is 13.7 Å². The van der Waals surface area contributed by atoms with Crippen LogP contribution in [0.4, 0.5) is 4.79 Å². The van der Waals surface area contributed by atoms with Gasteiger partial charge in [0.15, 0.2) is 0 Å². The van der Waals surface area contributed by atoms with Crippen molar-refractivity contribution < 1.29 is 28.5 Å². The molecule has 3 rings (SSSR count). The number of alkyl carbamates (subject to hydrolysis) is 1. The Morgan fingerprint density at radius 1 is 1.10 bits per heavy atom. The number of rotatable bonds is 11. The van der Waals surface area contributed by atoms with Crippen molar-refractivity contribution in [2.24, 2.45) is 0 Å². The largest absolute Gasteiger partial charge is 0.469 e. The number of hydrogen-bond donors (Lipinski definition) is 1. The third-order valence-corrected chi connectivity index (χ3v) is 7.64. The van der Waals surface area contributed by atoms with Crippen molar-refractivity contribution >= 4 is 31.2 Å². The number of carbonyl (C=O) groups is 2. The van der Waals surface area contributed by atoms with Gasteiger partial charge in [-0.25, -0.2) is 9.78 Å². The van der Waals surface area contributed by atoms with Crippen LogP contribution in [-0.4, -0.2) is 49.0 Å². The predicted molar refractivity (Wildman–Crippen MR) is 154 cm³/mol. The van der Waals surface area contributed by atoms with Gasteiger partial charge >= 0.3 is 12.1 Å². The van der Waals surface area contributed by atoms with Gasteiger partial charge < -0.3 is 28.8 Å². The first kappa shape index (κ1) is 30.2. The lowest BCUT2D eigenvalue weighted by Gasteiger charge is -2.23. The van der Waals surface area contributed by atoms with E-state index in [4.69, 9.17) is 18.9 Å². The molecule has 39 heavy (non-hydrogen) atoms. The summed E-state index contributed by atoms with van der Waals surface area (Å²) in [5, 5.41) is 3.69. The third kappa shape index (κ3) is 9.11. The normalized spacial score (nSPS) is 12.7. The maximum absolute atomic E-state index is 12.4. The number of nitrogens with one attached hydrogen (secondary N) is 1. The molecule has 1 unspecified atom stereocenters. The number of aryl methyl sites for hydroxylation is 1. The van der Waals surface area contributed by atoms with Crippen LogP contribution >= 0.6 is 0 Å². The molecule has 0 saturated carbocycles. The summed E-state index contributed by atoms with van der Waals surface area (Å²) in [4.78, 5) is 29.0. The van der Waals surface area contributed by atoms with Crippen LogP contribution in [0, 0.1) is 6.92 Å². The van der Waals surface area contributed by atoms with Gasteiger partial charge in [0.1, 0.15) is 29.5 Å². The minimum Gasteiger partial charge on any atom is -0.469 e. The lowest BCUT2D eigenvalue weighted by molar-refractivity contribution is -0.141. The highest BCUT2D eigenvalue weighted by Gasteiger charge is 2.23. The quantitative estimate of drug-likeness (QED) is 0.162. The van der Waals surface area contributed by atoms with Crippen LogP contribution < -0.4 is 10.1 Å². The van der Waals surface area contributed by atoms with Crippen molar-refractivity contribution in [3.05, 3.63) is 53.9 Å². The van der Waals surface area contributed by atoms with Gasteiger partial charge in [0.25, 0.3) is 0 Å². The molecule has 0 bridgehead atoms. The molecule has 0 fully saturated rings. The van der Waals surface area contributed by atoms with Crippen LogP contribution in [0.15, 0.2) is 42.7 Å². The molecule has 212 valence electrons. The van der Waals surface area contributed by atoms with Crippen molar-refractivity contribution in [2.45, 2.75) is 78.2 Å². The minimum atomic E-state index is -1.16. The maximum atomic E-state index is 12.4. The second-order valence-corrected chi connectivity index (χ2v) is 17.4. The minimum absolute atomic E-state index is 0.0341. The van der Waals surface area contributed by atoms with Gasteiger partial charge in [-0.05, 0) is 63.1 Å². The molecule has 1 aromatic carbocycles. The molecule has 0 aliphatic rings. The van der Waals surface area contributed by atoms with Gasteiger partial charge in [0.05, 0.1) is 25.0 Å². The van der Waals surface area contributed by atoms with Gasteiger partial charge in [0, 0.05) is 27.1 Å². The number of carbonyl (C=O) groups excluding carboxylic acids is 2. The maximum Gasteiger partial charge on any atom is 0.408 e. The Labute approximate surface area is 231 Å². The second kappa shape index (κ2) is 12.7. The Kier molecular flexibility index (Phi) is 9.79. The smallest absolute Gasteiger partial charge is 0.408 e. The number of pyridine rings is 1. The lowest BCUT2D eigenvalue weighted by Crippen LogP contribution is -2.35. The monoisotopic (exact) mass is 555 g/mol. The molecule has 3 aromatic rings. The van der Waals surface area contributed by atoms with Gasteiger partial charge in [-0.2, -0.15) is 0 Å². The van der Waals surface area contributed by atoms with Crippen molar-refractivity contribution in [1.29, 1.82) is 0 Å². The van der Waals surface area contributed by atoms with Crippen LogP contribution in [0.5, 0.6) is 11.5 Å². The molecular weight excluding hydrogens is 514 g/mol. The highest BCUT2D eigenvalue weighted by Crippen LogP contribution is 2.33. The molecule has 9 nitrogen and oxygen atoms in total. The van der Waals surface area contributed by atoms with E-state index in [0.717, 1.165) is 34.8 Å². The van der Waals surface area contributed by atoms with E-state index in [2.05, 4.69) is 29.9 Å². The van der Waals surface area contributed by atoms with Crippen LogP contribution in [0.3, 0.4) is 0 Å². The Morgan fingerprint density at radius 2 is 1.79 bits per heavy atom. The number of benzene rings is 1. The van der Waals surface area contributed by atoms with Gasteiger partial charge in [-0.3, -0.25) is 4.79 Å². The highest BCUT2D eigenvalue weighted by atomic mass is 28.3. The van der Waals surface area contributed by atoms with Crippen molar-refractivity contribution in [1.82, 2.24) is 14.9 Å². The molecule has 0 radical (unpaired) electrons. The average molecular weight is 556 g/mol. The average Bonchev–Trinajstić information content (AvgIpc) is 3.16. The fraction of sp³-hybridized carbons (Fsp3) is 0.483.